The molecule has 0 amide bonds. The van der Waals surface area contributed by atoms with Crippen LogP contribution < -0.4 is 4.74 Å². The molecule has 1 rings (SSSR count). The first-order valence-electron chi connectivity index (χ1n) is 4.39. The van der Waals surface area contributed by atoms with Crippen molar-refractivity contribution in [3.8, 4) is 5.75 Å². The zero-order valence-corrected chi connectivity index (χ0v) is 8.03. The highest BCUT2D eigenvalue weighted by atomic mass is 16.5. The molecule has 1 heterocycles. The second-order valence-electron chi connectivity index (χ2n) is 3.08. The Labute approximate surface area is 78.4 Å². The summed E-state index contributed by atoms with van der Waals surface area (Å²) in [5.41, 5.74) is 0.988. The molecule has 0 aliphatic heterocycles. The van der Waals surface area contributed by atoms with Crippen molar-refractivity contribution in [3.05, 3.63) is 24.0 Å². The molecule has 0 saturated heterocycles. The maximum Gasteiger partial charge on any atom is 0.137 e. The highest BCUT2D eigenvalue weighted by Gasteiger charge is 1.99. The van der Waals surface area contributed by atoms with E-state index in [-0.39, 0.29) is 6.10 Å². The number of hydrogen-bond acceptors (Lipinski definition) is 3. The van der Waals surface area contributed by atoms with Crippen LogP contribution in [-0.2, 0) is 6.42 Å². The molecule has 0 bridgehead atoms. The molecular weight excluding hydrogens is 166 g/mol. The second-order valence-corrected chi connectivity index (χ2v) is 3.08. The lowest BCUT2D eigenvalue weighted by atomic mass is 10.1. The lowest BCUT2D eigenvalue weighted by Gasteiger charge is -2.04. The molecule has 1 aromatic heterocycles. The summed E-state index contributed by atoms with van der Waals surface area (Å²) in [5.74, 6) is 0.765. The summed E-state index contributed by atoms with van der Waals surface area (Å²) in [6.45, 7) is 1.78. The van der Waals surface area contributed by atoms with Crippen molar-refractivity contribution in [1.29, 1.82) is 0 Å². The Bertz CT molecular complexity index is 244. The summed E-state index contributed by atoms with van der Waals surface area (Å²) in [6.07, 6.45) is 2.99. The zero-order chi connectivity index (χ0) is 9.68. The van der Waals surface area contributed by atoms with E-state index < -0.39 is 0 Å². The maximum atomic E-state index is 9.06. The average Bonchev–Trinajstić information content (AvgIpc) is 2.15. The number of aliphatic hydroxyl groups excluding tert-OH is 1. The molecule has 1 atom stereocenters. The van der Waals surface area contributed by atoms with Crippen LogP contribution in [0.1, 0.15) is 19.0 Å². The van der Waals surface area contributed by atoms with Crippen molar-refractivity contribution in [2.75, 3.05) is 7.11 Å². The van der Waals surface area contributed by atoms with Crippen LogP contribution in [0, 0.1) is 0 Å². The molecule has 1 unspecified atom stereocenters. The Morgan fingerprint density at radius 3 is 2.77 bits per heavy atom. The number of rotatable bonds is 4. The van der Waals surface area contributed by atoms with Crippen LogP contribution in [0.25, 0.3) is 0 Å². The highest BCUT2D eigenvalue weighted by Crippen LogP contribution is 2.09. The first-order valence-corrected chi connectivity index (χ1v) is 4.39. The molecule has 0 fully saturated rings. The lowest BCUT2D eigenvalue weighted by molar-refractivity contribution is 0.184. The number of nitrogens with zero attached hydrogens (tertiary/aromatic N) is 1. The van der Waals surface area contributed by atoms with Gasteiger partial charge in [-0.25, -0.2) is 0 Å². The van der Waals surface area contributed by atoms with Crippen molar-refractivity contribution in [2.24, 2.45) is 0 Å². The van der Waals surface area contributed by atoms with Crippen LogP contribution >= 0.6 is 0 Å². The van der Waals surface area contributed by atoms with Crippen molar-refractivity contribution < 1.29 is 9.84 Å². The number of ether oxygens (including phenoxy) is 1. The van der Waals surface area contributed by atoms with E-state index >= 15 is 0 Å². The van der Waals surface area contributed by atoms with Crippen LogP contribution in [0.2, 0.25) is 0 Å². The van der Waals surface area contributed by atoms with Crippen LogP contribution in [-0.4, -0.2) is 23.3 Å². The van der Waals surface area contributed by atoms with Crippen LogP contribution in [0.15, 0.2) is 18.3 Å². The number of hydrogen-bond donors (Lipinski definition) is 1. The van der Waals surface area contributed by atoms with Gasteiger partial charge < -0.3 is 9.84 Å². The van der Waals surface area contributed by atoms with Gasteiger partial charge in [-0.15, -0.1) is 0 Å². The summed E-state index contributed by atoms with van der Waals surface area (Å²) in [7, 11) is 1.62. The summed E-state index contributed by atoms with van der Waals surface area (Å²) in [4.78, 5) is 4.19. The van der Waals surface area contributed by atoms with E-state index in [9.17, 15) is 0 Å². The van der Waals surface area contributed by atoms with Gasteiger partial charge in [0.05, 0.1) is 19.4 Å². The minimum atomic E-state index is -0.260. The van der Waals surface area contributed by atoms with E-state index in [4.69, 9.17) is 9.84 Å². The topological polar surface area (TPSA) is 42.4 Å². The van der Waals surface area contributed by atoms with Crippen molar-refractivity contribution >= 4 is 0 Å². The standard InChI is InChI=1S/C10H15NO2/c1-8(12)3-4-9-5-6-10(13-2)7-11-9/h5-8,12H,3-4H2,1-2H3. The minimum Gasteiger partial charge on any atom is -0.495 e. The van der Waals surface area contributed by atoms with Gasteiger partial charge in [-0.2, -0.15) is 0 Å². The quantitative estimate of drug-likeness (QED) is 0.763. The van der Waals surface area contributed by atoms with E-state index in [1.54, 1.807) is 20.2 Å². The third kappa shape index (κ3) is 3.42. The molecule has 0 spiro atoms. The third-order valence-electron chi connectivity index (χ3n) is 1.85. The fourth-order valence-electron chi connectivity index (χ4n) is 1.04. The molecule has 1 aromatic rings. The molecule has 3 heteroatoms. The van der Waals surface area contributed by atoms with Crippen molar-refractivity contribution in [2.45, 2.75) is 25.9 Å². The number of aliphatic hydroxyl groups is 1. The zero-order valence-electron chi connectivity index (χ0n) is 8.03. The first-order chi connectivity index (χ1) is 6.22. The van der Waals surface area contributed by atoms with Crippen LogP contribution in [0.5, 0.6) is 5.75 Å². The van der Waals surface area contributed by atoms with Gasteiger partial charge in [0.2, 0.25) is 0 Å². The van der Waals surface area contributed by atoms with E-state index in [0.29, 0.717) is 0 Å². The van der Waals surface area contributed by atoms with Crippen molar-refractivity contribution in [1.82, 2.24) is 4.98 Å². The van der Waals surface area contributed by atoms with Gasteiger partial charge in [-0.1, -0.05) is 0 Å². The van der Waals surface area contributed by atoms with Gasteiger partial charge in [-0.3, -0.25) is 4.98 Å². The predicted octanol–water partition coefficient (Wildman–Crippen LogP) is 1.40. The normalized spacial score (nSPS) is 12.5. The summed E-state index contributed by atoms with van der Waals surface area (Å²) in [5, 5.41) is 9.06. The molecule has 0 aliphatic carbocycles. The lowest BCUT2D eigenvalue weighted by Crippen LogP contribution is -2.02. The largest absolute Gasteiger partial charge is 0.495 e. The van der Waals surface area contributed by atoms with E-state index in [1.165, 1.54) is 0 Å². The van der Waals surface area contributed by atoms with Crippen LogP contribution in [0.3, 0.4) is 0 Å². The molecular formula is C10H15NO2. The maximum absolute atomic E-state index is 9.06. The minimum absolute atomic E-state index is 0.260. The van der Waals surface area contributed by atoms with Crippen molar-refractivity contribution in [3.63, 3.8) is 0 Å². The number of pyridine rings is 1. The number of aryl methyl sites for hydroxylation is 1. The van der Waals surface area contributed by atoms with Gasteiger partial charge in [0.25, 0.3) is 0 Å². The summed E-state index contributed by atoms with van der Waals surface area (Å²) in [6, 6.07) is 3.80. The fourth-order valence-corrected chi connectivity index (χ4v) is 1.04. The van der Waals surface area contributed by atoms with E-state index in [2.05, 4.69) is 4.98 Å². The highest BCUT2D eigenvalue weighted by molar-refractivity contribution is 5.19. The Hall–Kier alpha value is -1.09. The van der Waals surface area contributed by atoms with E-state index in [1.807, 2.05) is 12.1 Å². The Kier molecular flexibility index (Phi) is 3.71. The number of aromatic nitrogens is 1. The second kappa shape index (κ2) is 4.82. The molecule has 0 aliphatic rings. The molecule has 1 N–H and O–H groups in total. The molecule has 72 valence electrons. The Balaban J connectivity index is 2.49. The fraction of sp³-hybridized carbons (Fsp3) is 0.500. The first kappa shape index (κ1) is 9.99. The average molecular weight is 181 g/mol. The smallest absolute Gasteiger partial charge is 0.137 e. The summed E-state index contributed by atoms with van der Waals surface area (Å²) >= 11 is 0. The molecule has 13 heavy (non-hydrogen) atoms. The number of methoxy groups -OCH3 is 1. The molecule has 0 saturated carbocycles. The van der Waals surface area contributed by atoms with Gasteiger partial charge in [0.15, 0.2) is 0 Å². The molecule has 0 aromatic carbocycles. The third-order valence-corrected chi connectivity index (χ3v) is 1.85. The van der Waals surface area contributed by atoms with Gasteiger partial charge in [-0.05, 0) is 31.9 Å². The predicted molar refractivity (Wildman–Crippen MR) is 50.8 cm³/mol. The molecule has 0 radical (unpaired) electrons. The van der Waals surface area contributed by atoms with Crippen LogP contribution in [0.4, 0.5) is 0 Å². The van der Waals surface area contributed by atoms with E-state index in [0.717, 1.165) is 24.3 Å². The SMILES string of the molecule is COc1ccc(CCC(C)O)nc1. The summed E-state index contributed by atoms with van der Waals surface area (Å²) < 4.78 is 4.98. The van der Waals surface area contributed by atoms with Gasteiger partial charge in [0.1, 0.15) is 5.75 Å². The Morgan fingerprint density at radius 2 is 2.31 bits per heavy atom. The Morgan fingerprint density at radius 1 is 1.54 bits per heavy atom. The van der Waals surface area contributed by atoms with Gasteiger partial charge >= 0.3 is 0 Å². The van der Waals surface area contributed by atoms with Gasteiger partial charge in [0, 0.05) is 5.69 Å². The molecule has 3 nitrogen and oxygen atoms in total. The monoisotopic (exact) mass is 181 g/mol.